The highest BCUT2D eigenvalue weighted by molar-refractivity contribution is 6.30. The molecule has 0 aliphatic carbocycles. The van der Waals surface area contributed by atoms with Crippen LogP contribution in [0.1, 0.15) is 22.6 Å². The minimum absolute atomic E-state index is 0.0348. The number of hydrogen-bond acceptors (Lipinski definition) is 3. The van der Waals surface area contributed by atoms with Crippen LogP contribution in [0, 0.1) is 0 Å². The number of carbonyl (C=O) groups is 1. The highest BCUT2D eigenvalue weighted by Crippen LogP contribution is 2.31. The lowest BCUT2D eigenvalue weighted by Gasteiger charge is -2.37. The Morgan fingerprint density at radius 2 is 1.56 bits per heavy atom. The molecule has 2 heterocycles. The summed E-state index contributed by atoms with van der Waals surface area (Å²) in [6, 6.07) is 16.0. The van der Waals surface area contributed by atoms with Crippen LogP contribution in [0.4, 0.5) is 18.9 Å². The van der Waals surface area contributed by atoms with Gasteiger partial charge in [-0.2, -0.15) is 13.2 Å². The van der Waals surface area contributed by atoms with Gasteiger partial charge < -0.3 is 9.80 Å². The topological polar surface area (TPSA) is 36.4 Å². The molecule has 1 atom stereocenters. The molecule has 3 aromatic rings. The molecule has 2 aromatic carbocycles. The zero-order valence-corrected chi connectivity index (χ0v) is 17.9. The number of pyridine rings is 1. The number of carbonyl (C=O) groups excluding carboxylic acids is 1. The molecule has 1 aliphatic rings. The number of benzene rings is 2. The minimum Gasteiger partial charge on any atom is -0.368 e. The van der Waals surface area contributed by atoms with Crippen molar-refractivity contribution < 1.29 is 18.0 Å². The van der Waals surface area contributed by atoms with Crippen LogP contribution in [0.15, 0.2) is 73.1 Å². The van der Waals surface area contributed by atoms with Gasteiger partial charge in [0.15, 0.2) is 0 Å². The number of rotatable bonds is 4. The summed E-state index contributed by atoms with van der Waals surface area (Å²) in [5.74, 6) is -0.536. The fraction of sp³-hybridized carbons (Fsp3) is 0.250. The quantitative estimate of drug-likeness (QED) is 0.535. The Hall–Kier alpha value is -3.06. The summed E-state index contributed by atoms with van der Waals surface area (Å²) < 4.78 is 38.4. The molecule has 0 radical (unpaired) electrons. The summed E-state index contributed by atoms with van der Waals surface area (Å²) in [4.78, 5) is 21.5. The molecule has 1 saturated heterocycles. The lowest BCUT2D eigenvalue weighted by molar-refractivity contribution is -0.137. The molecule has 0 bridgehead atoms. The van der Waals surface area contributed by atoms with Crippen LogP contribution in [0.25, 0.3) is 0 Å². The summed E-state index contributed by atoms with van der Waals surface area (Å²) in [5, 5.41) is 0.594. The number of nitrogens with zero attached hydrogens (tertiary/aromatic N) is 3. The first-order chi connectivity index (χ1) is 15.3. The molecule has 0 unspecified atom stereocenters. The van der Waals surface area contributed by atoms with Gasteiger partial charge in [-0.15, -0.1) is 0 Å². The van der Waals surface area contributed by atoms with E-state index in [4.69, 9.17) is 11.6 Å². The Kier molecular flexibility index (Phi) is 6.37. The third kappa shape index (κ3) is 4.88. The van der Waals surface area contributed by atoms with Crippen LogP contribution >= 0.6 is 11.6 Å². The van der Waals surface area contributed by atoms with Gasteiger partial charge in [0.2, 0.25) is 5.91 Å². The number of piperazine rings is 1. The summed E-state index contributed by atoms with van der Waals surface area (Å²) >= 11 is 6.02. The van der Waals surface area contributed by atoms with Crippen molar-refractivity contribution in [2.75, 3.05) is 31.1 Å². The van der Waals surface area contributed by atoms with E-state index in [-0.39, 0.29) is 5.91 Å². The number of hydrogen-bond donors (Lipinski definition) is 0. The lowest BCUT2D eigenvalue weighted by Crippen LogP contribution is -2.50. The Labute approximate surface area is 189 Å². The molecule has 4 nitrogen and oxygen atoms in total. The van der Waals surface area contributed by atoms with Gasteiger partial charge in [-0.3, -0.25) is 9.78 Å². The van der Waals surface area contributed by atoms with E-state index >= 15 is 0 Å². The van der Waals surface area contributed by atoms with Crippen molar-refractivity contribution in [3.8, 4) is 0 Å². The van der Waals surface area contributed by atoms with E-state index in [0.29, 0.717) is 36.9 Å². The molecule has 32 heavy (non-hydrogen) atoms. The zero-order chi connectivity index (χ0) is 22.7. The van der Waals surface area contributed by atoms with Crippen LogP contribution in [-0.2, 0) is 11.0 Å². The molecule has 1 aromatic heterocycles. The largest absolute Gasteiger partial charge is 0.416 e. The average molecular weight is 460 g/mol. The first-order valence-electron chi connectivity index (χ1n) is 10.2. The van der Waals surface area contributed by atoms with Crippen LogP contribution in [-0.4, -0.2) is 42.0 Å². The van der Waals surface area contributed by atoms with Crippen LogP contribution in [0.5, 0.6) is 0 Å². The molecule has 4 rings (SSSR count). The summed E-state index contributed by atoms with van der Waals surface area (Å²) in [6.45, 7) is 2.03. The summed E-state index contributed by atoms with van der Waals surface area (Å²) in [5.41, 5.74) is 1.67. The van der Waals surface area contributed by atoms with E-state index in [1.807, 2.05) is 23.1 Å². The van der Waals surface area contributed by atoms with Gasteiger partial charge in [-0.25, -0.2) is 0 Å². The highest BCUT2D eigenvalue weighted by Gasteiger charge is 2.32. The molecular formula is C24H21ClF3N3O. The second-order valence-electron chi connectivity index (χ2n) is 7.63. The monoisotopic (exact) mass is 459 g/mol. The van der Waals surface area contributed by atoms with Gasteiger partial charge in [-0.1, -0.05) is 29.8 Å². The van der Waals surface area contributed by atoms with Gasteiger partial charge in [0, 0.05) is 49.3 Å². The van der Waals surface area contributed by atoms with Crippen molar-refractivity contribution in [2.24, 2.45) is 0 Å². The Balaban J connectivity index is 1.49. The maximum atomic E-state index is 13.5. The number of aromatic nitrogens is 1. The normalized spacial score (nSPS) is 15.5. The van der Waals surface area contributed by atoms with Crippen molar-refractivity contribution in [1.29, 1.82) is 0 Å². The van der Waals surface area contributed by atoms with Crippen LogP contribution < -0.4 is 4.90 Å². The van der Waals surface area contributed by atoms with E-state index in [1.165, 1.54) is 12.1 Å². The molecule has 166 valence electrons. The first-order valence-corrected chi connectivity index (χ1v) is 10.6. The highest BCUT2D eigenvalue weighted by atomic mass is 35.5. The Bertz CT molecular complexity index is 1050. The van der Waals surface area contributed by atoms with Crippen molar-refractivity contribution in [1.82, 2.24) is 9.88 Å². The van der Waals surface area contributed by atoms with Crippen LogP contribution in [0.2, 0.25) is 5.02 Å². The number of anilines is 1. The van der Waals surface area contributed by atoms with E-state index in [2.05, 4.69) is 4.98 Å². The Morgan fingerprint density at radius 3 is 2.12 bits per heavy atom. The van der Waals surface area contributed by atoms with E-state index in [9.17, 15) is 18.0 Å². The molecule has 0 N–H and O–H groups in total. The number of halogens is 4. The van der Waals surface area contributed by atoms with Gasteiger partial charge in [-0.05, 0) is 53.6 Å². The molecule has 8 heteroatoms. The molecule has 0 saturated carbocycles. The zero-order valence-electron chi connectivity index (χ0n) is 17.1. The molecular weight excluding hydrogens is 439 g/mol. The van der Waals surface area contributed by atoms with Gasteiger partial charge in [0.05, 0.1) is 11.5 Å². The van der Waals surface area contributed by atoms with Crippen molar-refractivity contribution in [3.05, 3.63) is 94.8 Å². The molecule has 1 fully saturated rings. The number of amides is 1. The third-order valence-corrected chi connectivity index (χ3v) is 5.87. The standard InChI is InChI=1S/C24H21ClF3N3O/c25-20-7-3-17(4-8-20)22(18-2-1-11-29-16-18)23(32)31-14-12-30(13-15-31)21-9-5-19(6-10-21)24(26,27)28/h1-11,16,22H,12-15H2/t22-/m1/s1. The summed E-state index contributed by atoms with van der Waals surface area (Å²) in [7, 11) is 0. The maximum Gasteiger partial charge on any atom is 0.416 e. The van der Waals surface area contributed by atoms with Crippen molar-refractivity contribution in [2.45, 2.75) is 12.1 Å². The van der Waals surface area contributed by atoms with E-state index in [1.54, 1.807) is 35.5 Å². The number of alkyl halides is 3. The van der Waals surface area contributed by atoms with Gasteiger partial charge >= 0.3 is 6.18 Å². The summed E-state index contributed by atoms with van der Waals surface area (Å²) in [6.07, 6.45) is -1.00. The van der Waals surface area contributed by atoms with E-state index in [0.717, 1.165) is 23.3 Å². The smallest absolute Gasteiger partial charge is 0.368 e. The molecule has 1 aliphatic heterocycles. The fourth-order valence-corrected chi connectivity index (χ4v) is 4.03. The van der Waals surface area contributed by atoms with Crippen molar-refractivity contribution in [3.63, 3.8) is 0 Å². The predicted molar refractivity (Wildman–Crippen MR) is 118 cm³/mol. The molecule has 1 amide bonds. The molecule has 0 spiro atoms. The fourth-order valence-electron chi connectivity index (χ4n) is 3.91. The second-order valence-corrected chi connectivity index (χ2v) is 8.06. The first kappa shape index (κ1) is 22.1. The minimum atomic E-state index is -4.35. The van der Waals surface area contributed by atoms with Crippen LogP contribution in [0.3, 0.4) is 0 Å². The predicted octanol–water partition coefficient (Wildman–Crippen LogP) is 5.23. The average Bonchev–Trinajstić information content (AvgIpc) is 2.81. The van der Waals surface area contributed by atoms with Gasteiger partial charge in [0.1, 0.15) is 0 Å². The SMILES string of the molecule is O=C([C@H](c1ccc(Cl)cc1)c1cccnc1)N1CCN(c2ccc(C(F)(F)F)cc2)CC1. The third-order valence-electron chi connectivity index (χ3n) is 5.62. The second kappa shape index (κ2) is 9.20. The van der Waals surface area contributed by atoms with Crippen molar-refractivity contribution >= 4 is 23.2 Å². The van der Waals surface area contributed by atoms with E-state index < -0.39 is 17.7 Å². The Morgan fingerprint density at radius 1 is 0.906 bits per heavy atom. The lowest BCUT2D eigenvalue weighted by atomic mass is 9.91. The maximum absolute atomic E-state index is 13.5. The van der Waals surface area contributed by atoms with Gasteiger partial charge in [0.25, 0.3) is 0 Å².